The maximum Gasteiger partial charge on any atom is 0.246 e. The summed E-state index contributed by atoms with van der Waals surface area (Å²) in [6, 6.07) is 0. The van der Waals surface area contributed by atoms with Gasteiger partial charge in [-0.3, -0.25) is 4.79 Å². The molecule has 4 heteroatoms. The van der Waals surface area contributed by atoms with E-state index in [0.717, 1.165) is 18.8 Å². The average molecular weight is 229 g/mol. The average Bonchev–Trinajstić information content (AvgIpc) is 2.27. The number of nitrogens with one attached hydrogen (secondary N) is 1. The minimum atomic E-state index is -0.0772. The number of hydrogen-bond donors (Lipinski definition) is 2. The fourth-order valence-electron chi connectivity index (χ4n) is 2.08. The molecule has 1 amide bonds. The topological polar surface area (TPSA) is 58.6 Å². The molecule has 0 spiro atoms. The van der Waals surface area contributed by atoms with Crippen molar-refractivity contribution in [3.05, 3.63) is 0 Å². The molecule has 0 heterocycles. The molecule has 0 bridgehead atoms. The summed E-state index contributed by atoms with van der Waals surface area (Å²) in [6.07, 6.45) is 5.50. The van der Waals surface area contributed by atoms with Crippen LogP contribution in [0.5, 0.6) is 0 Å². The van der Waals surface area contributed by atoms with Gasteiger partial charge < -0.3 is 15.2 Å². The van der Waals surface area contributed by atoms with Crippen molar-refractivity contribution in [3.63, 3.8) is 0 Å². The van der Waals surface area contributed by atoms with Crippen molar-refractivity contribution in [1.29, 1.82) is 0 Å². The van der Waals surface area contributed by atoms with E-state index in [0.29, 0.717) is 13.0 Å². The van der Waals surface area contributed by atoms with Gasteiger partial charge in [-0.05, 0) is 25.2 Å². The highest BCUT2D eigenvalue weighted by Gasteiger charge is 2.19. The highest BCUT2D eigenvalue weighted by molar-refractivity contribution is 5.77. The summed E-state index contributed by atoms with van der Waals surface area (Å²) in [6.45, 7) is 3.03. The van der Waals surface area contributed by atoms with Crippen molar-refractivity contribution in [2.45, 2.75) is 45.1 Å². The van der Waals surface area contributed by atoms with Gasteiger partial charge in [-0.15, -0.1) is 0 Å². The number of hydrogen-bond acceptors (Lipinski definition) is 3. The number of ether oxygens (including phenoxy) is 1. The monoisotopic (exact) mass is 229 g/mol. The van der Waals surface area contributed by atoms with Crippen LogP contribution in [0.25, 0.3) is 0 Å². The zero-order chi connectivity index (χ0) is 11.8. The van der Waals surface area contributed by atoms with Crippen LogP contribution in [-0.2, 0) is 9.53 Å². The Hall–Kier alpha value is -0.610. The molecule has 1 rings (SSSR count). The molecule has 1 fully saturated rings. The van der Waals surface area contributed by atoms with Gasteiger partial charge in [0.25, 0.3) is 0 Å². The molecule has 1 aliphatic rings. The molecule has 1 aliphatic carbocycles. The summed E-state index contributed by atoms with van der Waals surface area (Å²) in [7, 11) is 0. The van der Waals surface area contributed by atoms with Crippen molar-refractivity contribution in [2.24, 2.45) is 5.92 Å². The van der Waals surface area contributed by atoms with E-state index in [1.807, 2.05) is 0 Å². The van der Waals surface area contributed by atoms with Crippen molar-refractivity contribution < 1.29 is 14.6 Å². The molecule has 1 saturated carbocycles. The Morgan fingerprint density at radius 2 is 2.31 bits per heavy atom. The number of amides is 1. The summed E-state index contributed by atoms with van der Waals surface area (Å²) in [5.41, 5.74) is 0. The molecular formula is C12H23NO3. The fraction of sp³-hybridized carbons (Fsp3) is 0.917. The summed E-state index contributed by atoms with van der Waals surface area (Å²) < 4.78 is 5.57. The van der Waals surface area contributed by atoms with Crippen LogP contribution in [0.4, 0.5) is 0 Å². The SMILES string of the molecule is CC1CCCC(OCC(=O)NCCCO)C1. The number of carbonyl (C=O) groups is 1. The zero-order valence-corrected chi connectivity index (χ0v) is 10.1. The van der Waals surface area contributed by atoms with Gasteiger partial charge >= 0.3 is 0 Å². The molecule has 0 radical (unpaired) electrons. The summed E-state index contributed by atoms with van der Waals surface area (Å²) >= 11 is 0. The molecule has 0 aromatic carbocycles. The first-order valence-corrected chi connectivity index (χ1v) is 6.21. The molecule has 0 saturated heterocycles. The lowest BCUT2D eigenvalue weighted by molar-refractivity contribution is -0.128. The number of aliphatic hydroxyl groups is 1. The summed E-state index contributed by atoms with van der Waals surface area (Å²) in [5.74, 6) is 0.642. The lowest BCUT2D eigenvalue weighted by Gasteiger charge is -2.26. The molecule has 0 aromatic rings. The van der Waals surface area contributed by atoms with E-state index in [1.165, 1.54) is 12.8 Å². The Bertz CT molecular complexity index is 208. The third-order valence-electron chi connectivity index (χ3n) is 3.00. The molecule has 2 N–H and O–H groups in total. The smallest absolute Gasteiger partial charge is 0.246 e. The van der Waals surface area contributed by atoms with Gasteiger partial charge in [-0.2, -0.15) is 0 Å². The predicted octanol–water partition coefficient (Wildman–Crippen LogP) is 1.08. The molecular weight excluding hydrogens is 206 g/mol. The van der Waals surface area contributed by atoms with Crippen LogP contribution in [0.15, 0.2) is 0 Å². The molecule has 2 unspecified atom stereocenters. The lowest BCUT2D eigenvalue weighted by atomic mass is 9.89. The number of carbonyl (C=O) groups excluding carboxylic acids is 1. The highest BCUT2D eigenvalue weighted by Crippen LogP contribution is 2.25. The van der Waals surface area contributed by atoms with Gasteiger partial charge in [0.2, 0.25) is 5.91 Å². The first kappa shape index (κ1) is 13.5. The van der Waals surface area contributed by atoms with Gasteiger partial charge in [0.05, 0.1) is 6.10 Å². The molecule has 0 aliphatic heterocycles. The number of rotatable bonds is 6. The van der Waals surface area contributed by atoms with E-state index in [2.05, 4.69) is 12.2 Å². The van der Waals surface area contributed by atoms with Gasteiger partial charge in [-0.1, -0.05) is 19.8 Å². The third-order valence-corrected chi connectivity index (χ3v) is 3.00. The van der Waals surface area contributed by atoms with E-state index in [4.69, 9.17) is 9.84 Å². The van der Waals surface area contributed by atoms with Gasteiger partial charge in [0.1, 0.15) is 6.61 Å². The lowest BCUT2D eigenvalue weighted by Crippen LogP contribution is -2.32. The molecule has 94 valence electrons. The second kappa shape index (κ2) is 7.63. The minimum absolute atomic E-state index is 0.0772. The van der Waals surface area contributed by atoms with Crippen molar-refractivity contribution in [3.8, 4) is 0 Å². The van der Waals surface area contributed by atoms with E-state index in [9.17, 15) is 4.79 Å². The normalized spacial score (nSPS) is 25.4. The van der Waals surface area contributed by atoms with Crippen molar-refractivity contribution >= 4 is 5.91 Å². The van der Waals surface area contributed by atoms with E-state index in [1.54, 1.807) is 0 Å². The maximum atomic E-state index is 11.3. The van der Waals surface area contributed by atoms with Crippen molar-refractivity contribution in [2.75, 3.05) is 19.8 Å². The second-order valence-electron chi connectivity index (χ2n) is 4.63. The highest BCUT2D eigenvalue weighted by atomic mass is 16.5. The van der Waals surface area contributed by atoms with E-state index in [-0.39, 0.29) is 25.2 Å². The van der Waals surface area contributed by atoms with Crippen LogP contribution < -0.4 is 5.32 Å². The fourth-order valence-corrected chi connectivity index (χ4v) is 2.08. The summed E-state index contributed by atoms with van der Waals surface area (Å²) in [4.78, 5) is 11.3. The quantitative estimate of drug-likeness (QED) is 0.670. The second-order valence-corrected chi connectivity index (χ2v) is 4.63. The third kappa shape index (κ3) is 5.47. The molecule has 16 heavy (non-hydrogen) atoms. The Morgan fingerprint density at radius 1 is 1.50 bits per heavy atom. The van der Waals surface area contributed by atoms with Crippen LogP contribution >= 0.6 is 0 Å². The van der Waals surface area contributed by atoms with Crippen LogP contribution in [0.3, 0.4) is 0 Å². The Morgan fingerprint density at radius 3 is 3.00 bits per heavy atom. The van der Waals surface area contributed by atoms with E-state index < -0.39 is 0 Å². The van der Waals surface area contributed by atoms with Crippen LogP contribution in [-0.4, -0.2) is 36.9 Å². The minimum Gasteiger partial charge on any atom is -0.396 e. The Kier molecular flexibility index (Phi) is 6.42. The molecule has 4 nitrogen and oxygen atoms in total. The Labute approximate surface area is 97.4 Å². The molecule has 0 aromatic heterocycles. The molecule has 2 atom stereocenters. The van der Waals surface area contributed by atoms with E-state index >= 15 is 0 Å². The summed E-state index contributed by atoms with van der Waals surface area (Å²) in [5, 5.41) is 11.3. The van der Waals surface area contributed by atoms with Gasteiger partial charge in [-0.25, -0.2) is 0 Å². The standard InChI is InChI=1S/C12H23NO3/c1-10-4-2-5-11(8-10)16-9-12(15)13-6-3-7-14/h10-11,14H,2-9H2,1H3,(H,13,15). The van der Waals surface area contributed by atoms with Crippen LogP contribution in [0.2, 0.25) is 0 Å². The van der Waals surface area contributed by atoms with Gasteiger partial charge in [0.15, 0.2) is 0 Å². The number of aliphatic hydroxyl groups excluding tert-OH is 1. The largest absolute Gasteiger partial charge is 0.396 e. The predicted molar refractivity (Wildman–Crippen MR) is 62.1 cm³/mol. The van der Waals surface area contributed by atoms with Crippen molar-refractivity contribution in [1.82, 2.24) is 5.32 Å². The van der Waals surface area contributed by atoms with Crippen LogP contribution in [0, 0.1) is 5.92 Å². The zero-order valence-electron chi connectivity index (χ0n) is 10.1. The first-order valence-electron chi connectivity index (χ1n) is 6.21. The first-order chi connectivity index (χ1) is 7.72. The van der Waals surface area contributed by atoms with Gasteiger partial charge in [0, 0.05) is 13.2 Å². The Balaban J connectivity index is 2.06. The van der Waals surface area contributed by atoms with Crippen LogP contribution in [0.1, 0.15) is 39.0 Å². The maximum absolute atomic E-state index is 11.3.